The summed E-state index contributed by atoms with van der Waals surface area (Å²) >= 11 is 0. The highest BCUT2D eigenvalue weighted by atomic mass is 16.6. The number of aldehydes is 1. The minimum absolute atomic E-state index is 0.222. The molecule has 1 heterocycles. The van der Waals surface area contributed by atoms with E-state index >= 15 is 0 Å². The Morgan fingerprint density at radius 2 is 2.11 bits per heavy atom. The van der Waals surface area contributed by atoms with Gasteiger partial charge in [-0.1, -0.05) is 0 Å². The van der Waals surface area contributed by atoms with Gasteiger partial charge in [0.25, 0.3) is 0 Å². The lowest BCUT2D eigenvalue weighted by molar-refractivity contribution is -0.150. The minimum atomic E-state index is -0.866. The van der Waals surface area contributed by atoms with Gasteiger partial charge < -0.3 is 4.74 Å². The molecule has 0 radical (unpaired) electrons. The fourth-order valence-electron chi connectivity index (χ4n) is 0.448. The van der Waals surface area contributed by atoms with E-state index in [1.54, 1.807) is 0 Å². The first-order valence-corrected chi connectivity index (χ1v) is 2.17. The highest BCUT2D eigenvalue weighted by Gasteiger charge is 2.22. The number of carbonyl (C=O) groups is 3. The molecule has 0 atom stereocenters. The zero-order valence-corrected chi connectivity index (χ0v) is 4.29. The van der Waals surface area contributed by atoms with E-state index in [9.17, 15) is 14.4 Å². The van der Waals surface area contributed by atoms with Crippen LogP contribution in [-0.2, 0) is 19.1 Å². The van der Waals surface area contributed by atoms with Crippen LogP contribution in [0.2, 0.25) is 0 Å². The monoisotopic (exact) mass is 126 g/mol. The number of rotatable bonds is 1. The molecule has 0 bridgehead atoms. The van der Waals surface area contributed by atoms with Crippen LogP contribution in [0.3, 0.4) is 0 Å². The van der Waals surface area contributed by atoms with Gasteiger partial charge in [0.15, 0.2) is 6.29 Å². The summed E-state index contributed by atoms with van der Waals surface area (Å²) in [7, 11) is 0. The van der Waals surface area contributed by atoms with Gasteiger partial charge >= 0.3 is 11.9 Å². The fourth-order valence-corrected chi connectivity index (χ4v) is 0.448. The van der Waals surface area contributed by atoms with E-state index in [1.807, 2.05) is 0 Å². The van der Waals surface area contributed by atoms with Gasteiger partial charge in [-0.05, 0) is 0 Å². The maximum absolute atomic E-state index is 10.3. The third-order valence-electron chi connectivity index (χ3n) is 0.829. The van der Waals surface area contributed by atoms with Crippen molar-refractivity contribution in [2.75, 3.05) is 0 Å². The SMILES string of the molecule is O=CC1=CC(=O)OC1=O. The van der Waals surface area contributed by atoms with Crippen molar-refractivity contribution in [2.45, 2.75) is 0 Å². The van der Waals surface area contributed by atoms with Crippen molar-refractivity contribution in [3.8, 4) is 0 Å². The molecule has 1 rings (SSSR count). The zero-order chi connectivity index (χ0) is 6.85. The average molecular weight is 126 g/mol. The molecule has 4 heteroatoms. The van der Waals surface area contributed by atoms with E-state index < -0.39 is 11.9 Å². The third kappa shape index (κ3) is 0.861. The van der Waals surface area contributed by atoms with Crippen LogP contribution >= 0.6 is 0 Å². The molecule has 0 unspecified atom stereocenters. The van der Waals surface area contributed by atoms with Gasteiger partial charge in [0.1, 0.15) is 5.57 Å². The van der Waals surface area contributed by atoms with E-state index in [1.165, 1.54) is 0 Å². The van der Waals surface area contributed by atoms with Crippen molar-refractivity contribution in [3.05, 3.63) is 11.6 Å². The Balaban J connectivity index is 2.93. The van der Waals surface area contributed by atoms with Gasteiger partial charge in [-0.3, -0.25) is 4.79 Å². The summed E-state index contributed by atoms with van der Waals surface area (Å²) in [5.41, 5.74) is -0.222. The summed E-state index contributed by atoms with van der Waals surface area (Å²) < 4.78 is 3.96. The Labute approximate surface area is 50.1 Å². The Kier molecular flexibility index (Phi) is 1.14. The predicted octanol–water partition coefficient (Wildman–Crippen LogP) is -0.805. The number of esters is 2. The van der Waals surface area contributed by atoms with Crippen molar-refractivity contribution in [1.29, 1.82) is 0 Å². The molecule has 1 aliphatic rings. The molecule has 0 saturated carbocycles. The van der Waals surface area contributed by atoms with Gasteiger partial charge in [0, 0.05) is 6.08 Å². The van der Waals surface area contributed by atoms with Crippen LogP contribution in [0, 0.1) is 0 Å². The summed E-state index contributed by atoms with van der Waals surface area (Å²) in [5, 5.41) is 0. The molecule has 9 heavy (non-hydrogen) atoms. The number of carbonyl (C=O) groups excluding carboxylic acids is 3. The molecule has 0 amide bonds. The molecular formula is C5H2O4. The predicted molar refractivity (Wildman–Crippen MR) is 25.2 cm³/mol. The zero-order valence-electron chi connectivity index (χ0n) is 4.29. The Morgan fingerprint density at radius 3 is 2.33 bits per heavy atom. The molecule has 0 aliphatic carbocycles. The van der Waals surface area contributed by atoms with Crippen molar-refractivity contribution < 1.29 is 19.1 Å². The van der Waals surface area contributed by atoms with Crippen LogP contribution in [0.15, 0.2) is 11.6 Å². The topological polar surface area (TPSA) is 60.4 Å². The summed E-state index contributed by atoms with van der Waals surface area (Å²) in [6, 6.07) is 0. The first-order chi connectivity index (χ1) is 4.24. The molecule has 0 saturated heterocycles. The van der Waals surface area contributed by atoms with Crippen LogP contribution in [0.5, 0.6) is 0 Å². The number of hydrogen-bond acceptors (Lipinski definition) is 4. The first-order valence-electron chi connectivity index (χ1n) is 2.17. The molecule has 46 valence electrons. The minimum Gasteiger partial charge on any atom is -0.386 e. The van der Waals surface area contributed by atoms with E-state index in [4.69, 9.17) is 0 Å². The average Bonchev–Trinajstić information content (AvgIpc) is 2.10. The largest absolute Gasteiger partial charge is 0.386 e. The molecule has 0 fully saturated rings. The second-order valence-corrected chi connectivity index (χ2v) is 1.43. The second-order valence-electron chi connectivity index (χ2n) is 1.43. The number of ether oxygens (including phenoxy) is 1. The lowest BCUT2D eigenvalue weighted by Gasteiger charge is -1.83. The van der Waals surface area contributed by atoms with Crippen LogP contribution in [0.25, 0.3) is 0 Å². The Hall–Kier alpha value is -1.45. The first kappa shape index (κ1) is 5.68. The van der Waals surface area contributed by atoms with Crippen LogP contribution < -0.4 is 0 Å². The lowest BCUT2D eigenvalue weighted by atomic mass is 10.3. The van der Waals surface area contributed by atoms with E-state index in [2.05, 4.69) is 4.74 Å². The maximum atomic E-state index is 10.3. The second kappa shape index (κ2) is 1.81. The summed E-state index contributed by atoms with van der Waals surface area (Å²) in [6.07, 6.45) is 1.14. The van der Waals surface area contributed by atoms with Gasteiger partial charge in [-0.2, -0.15) is 0 Å². The fraction of sp³-hybridized carbons (Fsp3) is 0. The van der Waals surface area contributed by atoms with Gasteiger partial charge in [0.05, 0.1) is 0 Å². The highest BCUT2D eigenvalue weighted by molar-refractivity contribution is 6.19. The molecule has 0 N–H and O–H groups in total. The molecule has 1 aliphatic heterocycles. The van der Waals surface area contributed by atoms with Crippen molar-refractivity contribution in [1.82, 2.24) is 0 Å². The standard InChI is InChI=1S/C5H2O4/c6-2-3-1-4(7)9-5(3)8/h1-2H. The van der Waals surface area contributed by atoms with Crippen LogP contribution in [-0.4, -0.2) is 18.2 Å². The van der Waals surface area contributed by atoms with Crippen molar-refractivity contribution >= 4 is 18.2 Å². The van der Waals surface area contributed by atoms with E-state index in [-0.39, 0.29) is 11.9 Å². The maximum Gasteiger partial charge on any atom is 0.349 e. The van der Waals surface area contributed by atoms with E-state index in [0.29, 0.717) is 0 Å². The quantitative estimate of drug-likeness (QED) is 0.199. The normalized spacial score (nSPS) is 17.1. The molecule has 0 aromatic rings. The van der Waals surface area contributed by atoms with Gasteiger partial charge in [-0.25, -0.2) is 9.59 Å². The van der Waals surface area contributed by atoms with Gasteiger partial charge in [0.2, 0.25) is 0 Å². The third-order valence-corrected chi connectivity index (χ3v) is 0.829. The van der Waals surface area contributed by atoms with Crippen LogP contribution in [0.1, 0.15) is 0 Å². The number of hydrogen-bond donors (Lipinski definition) is 0. The number of cyclic esters (lactones) is 2. The molecule has 4 nitrogen and oxygen atoms in total. The van der Waals surface area contributed by atoms with Gasteiger partial charge in [-0.15, -0.1) is 0 Å². The highest BCUT2D eigenvalue weighted by Crippen LogP contribution is 2.03. The molecule has 0 aromatic carbocycles. The summed E-state index contributed by atoms with van der Waals surface area (Å²) in [4.78, 5) is 30.3. The molecular weight excluding hydrogens is 124 g/mol. The molecule has 0 aromatic heterocycles. The lowest BCUT2D eigenvalue weighted by Crippen LogP contribution is -2.01. The van der Waals surface area contributed by atoms with E-state index in [0.717, 1.165) is 6.08 Å². The summed E-state index contributed by atoms with van der Waals surface area (Å²) in [6.45, 7) is 0. The Morgan fingerprint density at radius 1 is 1.44 bits per heavy atom. The molecule has 0 spiro atoms. The van der Waals surface area contributed by atoms with Crippen molar-refractivity contribution in [2.24, 2.45) is 0 Å². The van der Waals surface area contributed by atoms with Crippen LogP contribution in [0.4, 0.5) is 0 Å². The summed E-state index contributed by atoms with van der Waals surface area (Å²) in [5.74, 6) is -1.64. The smallest absolute Gasteiger partial charge is 0.349 e. The van der Waals surface area contributed by atoms with Crippen molar-refractivity contribution in [3.63, 3.8) is 0 Å². The Bertz CT molecular complexity index is 213.